The highest BCUT2D eigenvalue weighted by Crippen LogP contribution is 2.22. The molecule has 0 radical (unpaired) electrons. The monoisotopic (exact) mass is 283 g/mol. The van der Waals surface area contributed by atoms with E-state index >= 15 is 0 Å². The second kappa shape index (κ2) is 5.15. The summed E-state index contributed by atoms with van der Waals surface area (Å²) in [6.07, 6.45) is -4.83. The van der Waals surface area contributed by atoms with Crippen LogP contribution in [0.4, 0.5) is 18.9 Å². The Morgan fingerprint density at radius 2 is 1.94 bits per heavy atom. The van der Waals surface area contributed by atoms with Crippen LogP contribution < -0.4 is 5.73 Å². The quantitative estimate of drug-likeness (QED) is 0.857. The second-order valence-electron chi connectivity index (χ2n) is 3.58. The van der Waals surface area contributed by atoms with Crippen LogP contribution in [0.15, 0.2) is 23.1 Å². The number of nitrogen functional groups attached to an aromatic ring is 1. The lowest BCUT2D eigenvalue weighted by molar-refractivity contribution is -0.322. The minimum Gasteiger partial charge on any atom is -0.398 e. The molecule has 102 valence electrons. The van der Waals surface area contributed by atoms with E-state index in [0.29, 0.717) is 5.56 Å². The maximum atomic E-state index is 11.8. The van der Waals surface area contributed by atoms with Crippen molar-refractivity contribution in [2.75, 3.05) is 18.1 Å². The standard InChI is InChI=1S/C10H12F3NO3S/c1-7-8(14)3-2-4-9(7)18(15,16)6-5-17-10(11,12)13/h2-4H,5-6,14H2,1H3. The van der Waals surface area contributed by atoms with Crippen LogP contribution in [-0.2, 0) is 14.6 Å². The van der Waals surface area contributed by atoms with Gasteiger partial charge in [0.05, 0.1) is 17.3 Å². The maximum absolute atomic E-state index is 11.8. The van der Waals surface area contributed by atoms with Gasteiger partial charge < -0.3 is 5.73 Å². The number of anilines is 1. The summed E-state index contributed by atoms with van der Waals surface area (Å²) in [7, 11) is -3.84. The Bertz CT molecular complexity index is 526. The van der Waals surface area contributed by atoms with Crippen LogP contribution in [0.5, 0.6) is 0 Å². The number of hydrogen-bond donors (Lipinski definition) is 1. The lowest BCUT2D eigenvalue weighted by Gasteiger charge is -2.10. The summed E-state index contributed by atoms with van der Waals surface area (Å²) in [5.74, 6) is -0.753. The summed E-state index contributed by atoms with van der Waals surface area (Å²) in [4.78, 5) is -0.0757. The Hall–Kier alpha value is -1.28. The molecular weight excluding hydrogens is 271 g/mol. The topological polar surface area (TPSA) is 69.4 Å². The first-order valence-electron chi connectivity index (χ1n) is 4.92. The molecule has 8 heteroatoms. The van der Waals surface area contributed by atoms with Crippen LogP contribution in [0.1, 0.15) is 5.56 Å². The number of sulfone groups is 1. The van der Waals surface area contributed by atoms with Crippen molar-refractivity contribution in [3.05, 3.63) is 23.8 Å². The van der Waals surface area contributed by atoms with Gasteiger partial charge >= 0.3 is 6.36 Å². The Morgan fingerprint density at radius 1 is 1.33 bits per heavy atom. The van der Waals surface area contributed by atoms with Crippen molar-refractivity contribution in [2.45, 2.75) is 18.2 Å². The Balaban J connectivity index is 2.84. The summed E-state index contributed by atoms with van der Waals surface area (Å²) in [6.45, 7) is 0.549. The van der Waals surface area contributed by atoms with E-state index in [1.807, 2.05) is 0 Å². The molecule has 0 aromatic heterocycles. The average Bonchev–Trinajstić information content (AvgIpc) is 2.19. The molecule has 1 rings (SSSR count). The van der Waals surface area contributed by atoms with E-state index in [1.54, 1.807) is 0 Å². The van der Waals surface area contributed by atoms with Crippen molar-refractivity contribution in [1.82, 2.24) is 0 Å². The minimum atomic E-state index is -4.83. The first kappa shape index (κ1) is 14.8. The zero-order valence-corrected chi connectivity index (χ0v) is 10.3. The Morgan fingerprint density at radius 3 is 2.50 bits per heavy atom. The predicted molar refractivity (Wildman–Crippen MR) is 59.7 cm³/mol. The van der Waals surface area contributed by atoms with Crippen molar-refractivity contribution in [3.63, 3.8) is 0 Å². The molecule has 0 amide bonds. The van der Waals surface area contributed by atoms with Gasteiger partial charge in [-0.05, 0) is 24.6 Å². The fourth-order valence-corrected chi connectivity index (χ4v) is 2.74. The molecule has 0 fully saturated rings. The Kier molecular flexibility index (Phi) is 4.23. The molecule has 0 atom stereocenters. The molecule has 0 bridgehead atoms. The predicted octanol–water partition coefficient (Wildman–Crippen LogP) is 1.89. The lowest BCUT2D eigenvalue weighted by atomic mass is 10.2. The molecule has 1 aromatic carbocycles. The van der Waals surface area contributed by atoms with Gasteiger partial charge in [-0.15, -0.1) is 13.2 Å². The number of halogens is 3. The third-order valence-corrected chi connectivity index (χ3v) is 4.10. The van der Waals surface area contributed by atoms with E-state index in [4.69, 9.17) is 5.73 Å². The highest BCUT2D eigenvalue weighted by atomic mass is 32.2. The number of hydrogen-bond acceptors (Lipinski definition) is 4. The number of rotatable bonds is 4. The molecule has 0 saturated heterocycles. The largest absolute Gasteiger partial charge is 0.522 e. The molecule has 18 heavy (non-hydrogen) atoms. The van der Waals surface area contributed by atoms with E-state index in [9.17, 15) is 21.6 Å². The highest BCUT2D eigenvalue weighted by Gasteiger charge is 2.30. The van der Waals surface area contributed by atoms with E-state index in [1.165, 1.54) is 25.1 Å². The molecule has 0 heterocycles. The zero-order chi connectivity index (χ0) is 14.0. The van der Waals surface area contributed by atoms with Crippen LogP contribution in [0, 0.1) is 6.92 Å². The van der Waals surface area contributed by atoms with Crippen LogP contribution in [-0.4, -0.2) is 27.1 Å². The summed E-state index contributed by atoms with van der Waals surface area (Å²) in [5, 5.41) is 0. The average molecular weight is 283 g/mol. The normalized spacial score (nSPS) is 12.7. The molecule has 0 aliphatic carbocycles. The summed E-state index contributed by atoms with van der Waals surface area (Å²) in [5.41, 5.74) is 6.13. The van der Waals surface area contributed by atoms with Crippen molar-refractivity contribution in [2.24, 2.45) is 0 Å². The molecule has 0 saturated carbocycles. The summed E-state index contributed by atoms with van der Waals surface area (Å²) < 4.78 is 62.2. The fourth-order valence-electron chi connectivity index (χ4n) is 1.35. The SMILES string of the molecule is Cc1c(N)cccc1S(=O)(=O)CCOC(F)(F)F. The van der Waals surface area contributed by atoms with E-state index in [0.717, 1.165) is 0 Å². The van der Waals surface area contributed by atoms with Gasteiger partial charge in [-0.25, -0.2) is 8.42 Å². The zero-order valence-electron chi connectivity index (χ0n) is 9.49. The molecule has 0 unspecified atom stereocenters. The molecular formula is C10H12F3NO3S. The van der Waals surface area contributed by atoms with Gasteiger partial charge in [0.2, 0.25) is 0 Å². The number of ether oxygens (including phenoxy) is 1. The van der Waals surface area contributed by atoms with Gasteiger partial charge in [0.25, 0.3) is 0 Å². The van der Waals surface area contributed by atoms with E-state index in [2.05, 4.69) is 4.74 Å². The molecule has 0 aliphatic rings. The minimum absolute atomic E-state index is 0.0757. The van der Waals surface area contributed by atoms with Crippen LogP contribution >= 0.6 is 0 Å². The van der Waals surface area contributed by atoms with Gasteiger partial charge in [0.15, 0.2) is 9.84 Å². The van der Waals surface area contributed by atoms with Gasteiger partial charge in [0, 0.05) is 5.69 Å². The second-order valence-corrected chi connectivity index (χ2v) is 5.66. The van der Waals surface area contributed by atoms with Gasteiger partial charge in [-0.2, -0.15) is 0 Å². The molecule has 2 N–H and O–H groups in total. The highest BCUT2D eigenvalue weighted by molar-refractivity contribution is 7.91. The molecule has 1 aromatic rings. The fraction of sp³-hybridized carbons (Fsp3) is 0.400. The van der Waals surface area contributed by atoms with Crippen molar-refractivity contribution >= 4 is 15.5 Å². The summed E-state index contributed by atoms with van der Waals surface area (Å²) in [6, 6.07) is 4.25. The third kappa shape index (κ3) is 3.88. The summed E-state index contributed by atoms with van der Waals surface area (Å²) >= 11 is 0. The van der Waals surface area contributed by atoms with Crippen molar-refractivity contribution in [1.29, 1.82) is 0 Å². The first-order chi connectivity index (χ1) is 8.13. The number of benzene rings is 1. The van der Waals surface area contributed by atoms with Gasteiger partial charge in [0.1, 0.15) is 0 Å². The number of alkyl halides is 3. The molecule has 4 nitrogen and oxygen atoms in total. The third-order valence-electron chi connectivity index (χ3n) is 2.28. The first-order valence-corrected chi connectivity index (χ1v) is 6.57. The van der Waals surface area contributed by atoms with Crippen LogP contribution in [0.2, 0.25) is 0 Å². The van der Waals surface area contributed by atoms with E-state index in [-0.39, 0.29) is 10.6 Å². The van der Waals surface area contributed by atoms with E-state index < -0.39 is 28.6 Å². The smallest absolute Gasteiger partial charge is 0.398 e. The Labute approximate surface area is 102 Å². The number of nitrogens with two attached hydrogens (primary N) is 1. The van der Waals surface area contributed by atoms with Crippen LogP contribution in [0.3, 0.4) is 0 Å². The van der Waals surface area contributed by atoms with Gasteiger partial charge in [-0.1, -0.05) is 6.07 Å². The molecule has 0 aliphatic heterocycles. The van der Waals surface area contributed by atoms with Crippen LogP contribution in [0.25, 0.3) is 0 Å². The maximum Gasteiger partial charge on any atom is 0.522 e. The molecule has 0 spiro atoms. The van der Waals surface area contributed by atoms with Crippen molar-refractivity contribution in [3.8, 4) is 0 Å². The van der Waals surface area contributed by atoms with Gasteiger partial charge in [-0.3, -0.25) is 4.74 Å². The van der Waals surface area contributed by atoms with Crippen molar-refractivity contribution < 1.29 is 26.3 Å². The lowest BCUT2D eigenvalue weighted by Crippen LogP contribution is -2.20.